The van der Waals surface area contributed by atoms with E-state index in [0.717, 1.165) is 6.42 Å². The zero-order chi connectivity index (χ0) is 12.2. The van der Waals surface area contributed by atoms with Gasteiger partial charge < -0.3 is 10.1 Å². The Kier molecular flexibility index (Phi) is 4.81. The van der Waals surface area contributed by atoms with Crippen LogP contribution in [-0.2, 0) is 4.74 Å². The summed E-state index contributed by atoms with van der Waals surface area (Å²) in [6.07, 6.45) is 6.63. The molecule has 1 N–H and O–H groups in total. The smallest absolute Gasteiger partial charge is 0.0637 e. The van der Waals surface area contributed by atoms with Crippen LogP contribution in [0.3, 0.4) is 0 Å². The molecule has 1 saturated carbocycles. The maximum absolute atomic E-state index is 5.46. The van der Waals surface area contributed by atoms with E-state index in [1.54, 1.807) is 7.11 Å². The molecule has 0 spiro atoms. The van der Waals surface area contributed by atoms with E-state index < -0.39 is 0 Å². The molecule has 0 amide bonds. The van der Waals surface area contributed by atoms with Gasteiger partial charge in [-0.2, -0.15) is 0 Å². The number of ether oxygens (including phenoxy) is 1. The van der Waals surface area contributed by atoms with E-state index in [2.05, 4.69) is 33.0 Å². The monoisotopic (exact) mass is 227 g/mol. The van der Waals surface area contributed by atoms with Gasteiger partial charge in [-0.25, -0.2) is 0 Å². The van der Waals surface area contributed by atoms with Crippen LogP contribution in [-0.4, -0.2) is 25.3 Å². The third-order valence-corrected chi connectivity index (χ3v) is 3.91. The maximum atomic E-state index is 5.46. The fourth-order valence-corrected chi connectivity index (χ4v) is 2.51. The fourth-order valence-electron chi connectivity index (χ4n) is 2.51. The van der Waals surface area contributed by atoms with Gasteiger partial charge in [-0.1, -0.05) is 13.3 Å². The summed E-state index contributed by atoms with van der Waals surface area (Å²) in [5.74, 6) is 0. The lowest BCUT2D eigenvalue weighted by Gasteiger charge is -2.28. The molecule has 0 bridgehead atoms. The van der Waals surface area contributed by atoms with Gasteiger partial charge >= 0.3 is 0 Å². The van der Waals surface area contributed by atoms with Crippen molar-refractivity contribution in [2.45, 2.75) is 71.4 Å². The van der Waals surface area contributed by atoms with E-state index in [9.17, 15) is 0 Å². The van der Waals surface area contributed by atoms with Crippen LogP contribution >= 0.6 is 0 Å². The van der Waals surface area contributed by atoms with Gasteiger partial charge in [-0.15, -0.1) is 0 Å². The van der Waals surface area contributed by atoms with Gasteiger partial charge in [-0.3, -0.25) is 0 Å². The van der Waals surface area contributed by atoms with Crippen molar-refractivity contribution < 1.29 is 4.74 Å². The quantitative estimate of drug-likeness (QED) is 0.686. The third-order valence-electron chi connectivity index (χ3n) is 3.91. The Bertz CT molecular complexity index is 209. The SMILES string of the molecule is CCCC1(CNC(C)CC(C)(C)OC)CC1. The molecule has 0 heterocycles. The van der Waals surface area contributed by atoms with E-state index >= 15 is 0 Å². The molecule has 0 aliphatic heterocycles. The van der Waals surface area contributed by atoms with Gasteiger partial charge in [0, 0.05) is 19.7 Å². The Morgan fingerprint density at radius 1 is 1.38 bits per heavy atom. The van der Waals surface area contributed by atoms with Gasteiger partial charge in [0.2, 0.25) is 0 Å². The molecule has 0 aromatic rings. The second kappa shape index (κ2) is 5.50. The number of nitrogens with one attached hydrogen (secondary N) is 1. The highest BCUT2D eigenvalue weighted by molar-refractivity contribution is 4.95. The first kappa shape index (κ1) is 14.0. The summed E-state index contributed by atoms with van der Waals surface area (Å²) in [5, 5.41) is 3.68. The summed E-state index contributed by atoms with van der Waals surface area (Å²) < 4.78 is 5.46. The van der Waals surface area contributed by atoms with Crippen LogP contribution in [0, 0.1) is 5.41 Å². The van der Waals surface area contributed by atoms with Crippen molar-refractivity contribution in [1.82, 2.24) is 5.32 Å². The molecule has 1 atom stereocenters. The first-order valence-corrected chi connectivity index (χ1v) is 6.72. The predicted molar refractivity (Wildman–Crippen MR) is 69.7 cm³/mol. The van der Waals surface area contributed by atoms with Gasteiger partial charge in [0.25, 0.3) is 0 Å². The molecule has 1 aliphatic rings. The Hall–Kier alpha value is -0.0800. The Labute approximate surface area is 101 Å². The zero-order valence-electron chi connectivity index (χ0n) is 11.7. The first-order chi connectivity index (χ1) is 7.43. The first-order valence-electron chi connectivity index (χ1n) is 6.72. The number of methoxy groups -OCH3 is 1. The average Bonchev–Trinajstić information content (AvgIpc) is 2.96. The van der Waals surface area contributed by atoms with Crippen molar-refractivity contribution in [3.05, 3.63) is 0 Å². The molecule has 1 unspecified atom stereocenters. The topological polar surface area (TPSA) is 21.3 Å². The van der Waals surface area contributed by atoms with Crippen LogP contribution in [0.2, 0.25) is 0 Å². The Morgan fingerprint density at radius 3 is 2.44 bits per heavy atom. The van der Waals surface area contributed by atoms with Crippen LogP contribution in [0.1, 0.15) is 59.8 Å². The van der Waals surface area contributed by atoms with Gasteiger partial charge in [0.05, 0.1) is 5.60 Å². The highest BCUT2D eigenvalue weighted by Gasteiger charge is 2.41. The molecule has 96 valence electrons. The minimum atomic E-state index is -0.00606. The van der Waals surface area contributed by atoms with Crippen LogP contribution in [0.15, 0.2) is 0 Å². The fraction of sp³-hybridized carbons (Fsp3) is 1.00. The second-order valence-corrected chi connectivity index (χ2v) is 6.20. The second-order valence-electron chi connectivity index (χ2n) is 6.20. The van der Waals surface area contributed by atoms with Gasteiger partial charge in [0.15, 0.2) is 0 Å². The molecule has 1 rings (SSSR count). The zero-order valence-corrected chi connectivity index (χ0v) is 11.7. The summed E-state index contributed by atoms with van der Waals surface area (Å²) in [4.78, 5) is 0. The minimum absolute atomic E-state index is 0.00606. The van der Waals surface area contributed by atoms with Gasteiger partial charge in [0.1, 0.15) is 0 Å². The Balaban J connectivity index is 2.22. The molecule has 0 saturated heterocycles. The van der Waals surface area contributed by atoms with Crippen molar-refractivity contribution >= 4 is 0 Å². The van der Waals surface area contributed by atoms with Crippen molar-refractivity contribution in [3.8, 4) is 0 Å². The largest absolute Gasteiger partial charge is 0.379 e. The van der Waals surface area contributed by atoms with E-state index in [4.69, 9.17) is 4.74 Å². The standard InChI is InChI=1S/C14H29NO/c1-6-7-14(8-9-14)11-15-12(2)10-13(3,4)16-5/h12,15H,6-11H2,1-5H3. The van der Waals surface area contributed by atoms with E-state index in [1.807, 2.05) is 0 Å². The van der Waals surface area contributed by atoms with Crippen molar-refractivity contribution in [3.63, 3.8) is 0 Å². The van der Waals surface area contributed by atoms with E-state index in [0.29, 0.717) is 11.5 Å². The molecule has 0 aromatic carbocycles. The maximum Gasteiger partial charge on any atom is 0.0637 e. The molecule has 1 fully saturated rings. The highest BCUT2D eigenvalue weighted by Crippen LogP contribution is 2.49. The van der Waals surface area contributed by atoms with E-state index in [-0.39, 0.29) is 5.60 Å². The third kappa shape index (κ3) is 4.42. The van der Waals surface area contributed by atoms with Gasteiger partial charge in [-0.05, 0) is 51.9 Å². The molecule has 0 radical (unpaired) electrons. The summed E-state index contributed by atoms with van der Waals surface area (Å²) in [5.41, 5.74) is 0.647. The van der Waals surface area contributed by atoms with Crippen molar-refractivity contribution in [2.75, 3.05) is 13.7 Å². The van der Waals surface area contributed by atoms with Crippen LogP contribution in [0.25, 0.3) is 0 Å². The number of hydrogen-bond donors (Lipinski definition) is 1. The molecule has 2 nitrogen and oxygen atoms in total. The van der Waals surface area contributed by atoms with Crippen molar-refractivity contribution in [1.29, 1.82) is 0 Å². The van der Waals surface area contributed by atoms with Crippen LogP contribution < -0.4 is 5.32 Å². The number of rotatable bonds is 8. The molecule has 2 heteroatoms. The normalized spacial score (nSPS) is 20.8. The summed E-state index contributed by atoms with van der Waals surface area (Å²) in [6, 6.07) is 0.546. The predicted octanol–water partition coefficient (Wildman–Crippen LogP) is 3.36. The lowest BCUT2D eigenvalue weighted by Crippen LogP contribution is -2.38. The summed E-state index contributed by atoms with van der Waals surface area (Å²) in [6.45, 7) is 10.1. The van der Waals surface area contributed by atoms with Crippen LogP contribution in [0.5, 0.6) is 0 Å². The summed E-state index contributed by atoms with van der Waals surface area (Å²) >= 11 is 0. The lowest BCUT2D eigenvalue weighted by molar-refractivity contribution is 0.00817. The molecule has 16 heavy (non-hydrogen) atoms. The van der Waals surface area contributed by atoms with E-state index in [1.165, 1.54) is 32.2 Å². The number of hydrogen-bond acceptors (Lipinski definition) is 2. The molecule has 1 aliphatic carbocycles. The molecule has 0 aromatic heterocycles. The highest BCUT2D eigenvalue weighted by atomic mass is 16.5. The molecular formula is C14H29NO. The minimum Gasteiger partial charge on any atom is -0.379 e. The average molecular weight is 227 g/mol. The lowest BCUT2D eigenvalue weighted by atomic mass is 9.97. The van der Waals surface area contributed by atoms with Crippen LogP contribution in [0.4, 0.5) is 0 Å². The molecular weight excluding hydrogens is 198 g/mol. The Morgan fingerprint density at radius 2 is 2.00 bits per heavy atom. The van der Waals surface area contributed by atoms with Crippen molar-refractivity contribution in [2.24, 2.45) is 5.41 Å². The summed E-state index contributed by atoms with van der Waals surface area (Å²) in [7, 11) is 1.80.